The Kier molecular flexibility index (Phi) is 5.51. The van der Waals surface area contributed by atoms with Crippen LogP contribution in [-0.4, -0.2) is 4.57 Å². The number of anilines is 3. The first-order chi connectivity index (χ1) is 22.5. The van der Waals surface area contributed by atoms with E-state index in [4.69, 9.17) is 13.1 Å². The van der Waals surface area contributed by atoms with Gasteiger partial charge in [0.25, 0.3) is 0 Å². The Morgan fingerprint density at radius 3 is 1.59 bits per heavy atom. The summed E-state index contributed by atoms with van der Waals surface area (Å²) in [6.45, 7) is 19.8. The maximum Gasteiger partial charge on any atom is 0.188 e. The number of hydrogen-bond acceptors (Lipinski definition) is 2. The van der Waals surface area contributed by atoms with Crippen molar-refractivity contribution in [2.24, 2.45) is 0 Å². The number of benzene rings is 6. The minimum Gasteiger partial charge on any atom is -0.310 e. The maximum absolute atomic E-state index is 7.58. The van der Waals surface area contributed by atoms with E-state index in [1.165, 1.54) is 42.7 Å². The van der Waals surface area contributed by atoms with Gasteiger partial charge >= 0.3 is 0 Å². The van der Waals surface area contributed by atoms with E-state index in [1.807, 2.05) is 47.7 Å². The van der Waals surface area contributed by atoms with E-state index in [9.17, 15) is 0 Å². The molecule has 6 aromatic carbocycles. The molecule has 1 aliphatic rings. The van der Waals surface area contributed by atoms with Crippen LogP contribution in [0.5, 0.6) is 0 Å². The van der Waals surface area contributed by atoms with Crippen LogP contribution in [0.1, 0.15) is 25.0 Å². The van der Waals surface area contributed by atoms with Gasteiger partial charge in [0.15, 0.2) is 11.4 Å². The van der Waals surface area contributed by atoms with Crippen LogP contribution in [0, 0.1) is 13.1 Å². The Hall–Kier alpha value is -5.88. The Morgan fingerprint density at radius 1 is 0.543 bits per heavy atom. The second-order valence-electron chi connectivity index (χ2n) is 12.4. The zero-order valence-corrected chi connectivity index (χ0v) is 26.1. The van der Waals surface area contributed by atoms with Gasteiger partial charge in [-0.25, -0.2) is 9.69 Å². The third kappa shape index (κ3) is 3.64. The lowest BCUT2D eigenvalue weighted by Gasteiger charge is -2.42. The van der Waals surface area contributed by atoms with Crippen molar-refractivity contribution < 1.29 is 0 Å². The summed E-state index contributed by atoms with van der Waals surface area (Å²) >= 11 is 1.82. The van der Waals surface area contributed by atoms with Gasteiger partial charge in [-0.15, -0.1) is 11.3 Å². The minimum absolute atomic E-state index is 0.106. The van der Waals surface area contributed by atoms with Crippen molar-refractivity contribution in [2.75, 3.05) is 4.90 Å². The number of para-hydroxylation sites is 2. The average molecular weight is 607 g/mol. The van der Waals surface area contributed by atoms with Gasteiger partial charge in [-0.05, 0) is 94.7 Å². The van der Waals surface area contributed by atoms with Crippen LogP contribution in [0.3, 0.4) is 0 Å². The molecule has 4 nitrogen and oxygen atoms in total. The van der Waals surface area contributed by atoms with E-state index < -0.39 is 0 Å². The van der Waals surface area contributed by atoms with E-state index in [1.54, 1.807) is 0 Å². The lowest BCUT2D eigenvalue weighted by Crippen LogP contribution is -2.30. The number of hydrogen-bond donors (Lipinski definition) is 0. The van der Waals surface area contributed by atoms with Gasteiger partial charge in [-0.2, -0.15) is 0 Å². The second-order valence-corrected chi connectivity index (χ2v) is 13.5. The summed E-state index contributed by atoms with van der Waals surface area (Å²) in [5, 5.41) is 4.41. The molecule has 2 aromatic heterocycles. The van der Waals surface area contributed by atoms with Crippen LogP contribution in [0.25, 0.3) is 57.4 Å². The van der Waals surface area contributed by atoms with Gasteiger partial charge in [0.2, 0.25) is 0 Å². The van der Waals surface area contributed by atoms with Crippen LogP contribution in [0.2, 0.25) is 0 Å². The highest BCUT2D eigenvalue weighted by Gasteiger charge is 2.36. The molecule has 0 aliphatic carbocycles. The van der Waals surface area contributed by atoms with Crippen molar-refractivity contribution in [3.63, 3.8) is 0 Å². The lowest BCUT2D eigenvalue weighted by atomic mass is 9.73. The lowest BCUT2D eigenvalue weighted by molar-refractivity contribution is 0.632. The van der Waals surface area contributed by atoms with Gasteiger partial charge in [0.05, 0.1) is 35.6 Å². The molecule has 1 aliphatic heterocycles. The van der Waals surface area contributed by atoms with Gasteiger partial charge in [0.1, 0.15) is 0 Å². The van der Waals surface area contributed by atoms with Crippen LogP contribution in [0.4, 0.5) is 28.4 Å². The highest BCUT2D eigenvalue weighted by Crippen LogP contribution is 2.52. The predicted molar refractivity (Wildman–Crippen MR) is 193 cm³/mol. The van der Waals surface area contributed by atoms with Crippen LogP contribution in [0.15, 0.2) is 121 Å². The molecule has 216 valence electrons. The smallest absolute Gasteiger partial charge is 0.188 e. The highest BCUT2D eigenvalue weighted by molar-refractivity contribution is 7.25. The largest absolute Gasteiger partial charge is 0.310 e. The van der Waals surface area contributed by atoms with Crippen molar-refractivity contribution in [1.29, 1.82) is 0 Å². The Labute approximate surface area is 270 Å². The molecule has 8 aromatic rings. The summed E-state index contributed by atoms with van der Waals surface area (Å²) in [5.74, 6) is 0. The molecule has 46 heavy (non-hydrogen) atoms. The van der Waals surface area contributed by atoms with Gasteiger partial charge in [0, 0.05) is 37.0 Å². The average Bonchev–Trinajstić information content (AvgIpc) is 3.62. The Morgan fingerprint density at radius 2 is 1.04 bits per heavy atom. The minimum atomic E-state index is -0.106. The first-order valence-electron chi connectivity index (χ1n) is 15.3. The Balaban J connectivity index is 1.27. The summed E-state index contributed by atoms with van der Waals surface area (Å²) in [6, 6.07) is 42.8. The molecule has 9 rings (SSSR count). The Bertz CT molecular complexity index is 2540. The summed E-state index contributed by atoms with van der Waals surface area (Å²) in [4.78, 5) is 9.78. The van der Waals surface area contributed by atoms with Gasteiger partial charge in [-0.1, -0.05) is 62.4 Å². The van der Waals surface area contributed by atoms with E-state index in [2.05, 4.69) is 118 Å². The number of rotatable bonds is 2. The maximum atomic E-state index is 7.58. The molecule has 5 heteroatoms. The van der Waals surface area contributed by atoms with Crippen LogP contribution in [-0.2, 0) is 5.41 Å². The fraction of sp³-hybridized carbons (Fsp3) is 0.0732. The number of fused-ring (bicyclic) bond motifs is 8. The fourth-order valence-corrected chi connectivity index (χ4v) is 8.46. The first kappa shape index (κ1) is 26.5. The molecule has 0 amide bonds. The van der Waals surface area contributed by atoms with Crippen molar-refractivity contribution >= 4 is 81.8 Å². The SMILES string of the molecule is [C-]#[N+]c1ccc2c(c1)c1cc([N+]#[C-])ccc1n2-c1ccc2sc3ccc(N4c5ccccc5C(C)(C)c5ccccc54)cc3c2c1. The molecule has 0 saturated heterocycles. The molecule has 0 radical (unpaired) electrons. The highest BCUT2D eigenvalue weighted by atomic mass is 32.1. The molecule has 0 atom stereocenters. The third-order valence-electron chi connectivity index (χ3n) is 9.58. The molecule has 0 N–H and O–H groups in total. The quantitative estimate of drug-likeness (QED) is 0.179. The summed E-state index contributed by atoms with van der Waals surface area (Å²) < 4.78 is 4.75. The number of aromatic nitrogens is 1. The number of nitrogens with zero attached hydrogens (tertiary/aromatic N) is 4. The zero-order chi connectivity index (χ0) is 31.2. The van der Waals surface area contributed by atoms with Crippen molar-refractivity contribution in [3.8, 4) is 5.69 Å². The van der Waals surface area contributed by atoms with Crippen LogP contribution >= 0.6 is 11.3 Å². The standard InChI is InChI=1S/C41H26N4S/c1-41(2)33-9-5-7-11-37(33)45(38-12-8-6-10-34(38)41)28-16-20-40-32(24-28)31-23-27(15-19-39(31)46-40)44-35-17-13-25(42-3)21-29(35)30-22-26(43-4)14-18-36(30)44/h5-24H,1-2H3. The van der Waals surface area contributed by atoms with Gasteiger partial charge < -0.3 is 9.47 Å². The molecule has 0 saturated carbocycles. The van der Waals surface area contributed by atoms with Crippen molar-refractivity contribution in [1.82, 2.24) is 4.57 Å². The molecular formula is C41H26N4S. The van der Waals surface area contributed by atoms with Crippen LogP contribution < -0.4 is 4.90 Å². The number of thiophene rings is 1. The van der Waals surface area contributed by atoms with E-state index in [0.29, 0.717) is 11.4 Å². The molecule has 0 unspecified atom stereocenters. The molecule has 0 bridgehead atoms. The second kappa shape index (κ2) is 9.56. The topological polar surface area (TPSA) is 16.9 Å². The van der Waals surface area contributed by atoms with Crippen molar-refractivity contribution in [2.45, 2.75) is 19.3 Å². The summed E-state index contributed by atoms with van der Waals surface area (Å²) in [7, 11) is 0. The molecule has 0 fully saturated rings. The summed E-state index contributed by atoms with van der Waals surface area (Å²) in [5.41, 5.74) is 10.4. The van der Waals surface area contributed by atoms with E-state index in [-0.39, 0.29) is 5.41 Å². The third-order valence-corrected chi connectivity index (χ3v) is 10.7. The monoisotopic (exact) mass is 606 g/mol. The van der Waals surface area contributed by atoms with Crippen molar-refractivity contribution in [3.05, 3.63) is 155 Å². The molecular weight excluding hydrogens is 581 g/mol. The van der Waals surface area contributed by atoms with Gasteiger partial charge in [-0.3, -0.25) is 0 Å². The fourth-order valence-electron chi connectivity index (χ4n) is 7.40. The summed E-state index contributed by atoms with van der Waals surface area (Å²) in [6.07, 6.45) is 0. The molecule has 3 heterocycles. The normalized spacial score (nSPS) is 13.5. The van der Waals surface area contributed by atoms with E-state index >= 15 is 0 Å². The van der Waals surface area contributed by atoms with E-state index in [0.717, 1.165) is 33.2 Å². The predicted octanol–water partition coefficient (Wildman–Crippen LogP) is 12.4. The first-order valence-corrected chi connectivity index (χ1v) is 16.1. The zero-order valence-electron chi connectivity index (χ0n) is 25.2. The molecule has 0 spiro atoms.